The SMILES string of the molecule is C/C(=N/NC(=O)CCN1C(=O)NC(C)(C)C1=O)c1ccc(F)cc1Cl. The van der Waals surface area contributed by atoms with Crippen molar-refractivity contribution in [2.75, 3.05) is 6.54 Å². The van der Waals surface area contributed by atoms with E-state index < -0.39 is 23.3 Å². The Balaban J connectivity index is 1.92. The van der Waals surface area contributed by atoms with Gasteiger partial charge in [-0.3, -0.25) is 14.5 Å². The van der Waals surface area contributed by atoms with E-state index in [-0.39, 0.29) is 23.9 Å². The highest BCUT2D eigenvalue weighted by molar-refractivity contribution is 6.34. The summed E-state index contributed by atoms with van der Waals surface area (Å²) in [5, 5.41) is 6.61. The molecule has 134 valence electrons. The maximum Gasteiger partial charge on any atom is 0.325 e. The Hall–Kier alpha value is -2.48. The summed E-state index contributed by atoms with van der Waals surface area (Å²) in [4.78, 5) is 36.6. The summed E-state index contributed by atoms with van der Waals surface area (Å²) in [6, 6.07) is 3.32. The van der Waals surface area contributed by atoms with Crippen LogP contribution in [0.4, 0.5) is 9.18 Å². The van der Waals surface area contributed by atoms with Crippen LogP contribution in [0.3, 0.4) is 0 Å². The second-order valence-electron chi connectivity index (χ2n) is 6.12. The van der Waals surface area contributed by atoms with Crippen LogP contribution in [0.25, 0.3) is 0 Å². The second kappa shape index (κ2) is 7.18. The molecule has 0 aromatic heterocycles. The second-order valence-corrected chi connectivity index (χ2v) is 6.53. The minimum absolute atomic E-state index is 0.0498. The third-order valence-corrected chi connectivity index (χ3v) is 3.99. The number of hydrogen-bond acceptors (Lipinski definition) is 4. The van der Waals surface area contributed by atoms with Gasteiger partial charge in [0.2, 0.25) is 5.91 Å². The molecule has 7 nitrogen and oxygen atoms in total. The molecule has 0 spiro atoms. The van der Waals surface area contributed by atoms with E-state index in [9.17, 15) is 18.8 Å². The Labute approximate surface area is 149 Å². The number of amides is 4. The molecule has 2 N–H and O–H groups in total. The minimum Gasteiger partial charge on any atom is -0.324 e. The molecule has 1 fully saturated rings. The first-order valence-electron chi connectivity index (χ1n) is 7.54. The maximum absolute atomic E-state index is 13.0. The average molecular weight is 369 g/mol. The summed E-state index contributed by atoms with van der Waals surface area (Å²) in [7, 11) is 0. The number of carbonyl (C=O) groups is 3. The van der Waals surface area contributed by atoms with Gasteiger partial charge in [0, 0.05) is 18.5 Å². The molecule has 1 aromatic carbocycles. The molecular formula is C16H18ClFN4O3. The zero-order valence-electron chi connectivity index (χ0n) is 14.0. The van der Waals surface area contributed by atoms with Crippen molar-refractivity contribution in [1.82, 2.24) is 15.6 Å². The van der Waals surface area contributed by atoms with Crippen molar-refractivity contribution in [3.8, 4) is 0 Å². The van der Waals surface area contributed by atoms with Gasteiger partial charge in [-0.1, -0.05) is 11.6 Å². The van der Waals surface area contributed by atoms with Gasteiger partial charge >= 0.3 is 6.03 Å². The number of rotatable bonds is 5. The third kappa shape index (κ3) is 4.33. The summed E-state index contributed by atoms with van der Waals surface area (Å²) in [6.45, 7) is 4.74. The fraction of sp³-hybridized carbons (Fsp3) is 0.375. The molecule has 0 saturated carbocycles. The van der Waals surface area contributed by atoms with Gasteiger partial charge in [0.15, 0.2) is 0 Å². The van der Waals surface area contributed by atoms with Crippen molar-refractivity contribution in [2.24, 2.45) is 5.10 Å². The van der Waals surface area contributed by atoms with Gasteiger partial charge in [0.1, 0.15) is 11.4 Å². The van der Waals surface area contributed by atoms with Gasteiger partial charge in [-0.2, -0.15) is 5.10 Å². The van der Waals surface area contributed by atoms with E-state index in [1.807, 2.05) is 0 Å². The number of nitrogens with zero attached hydrogens (tertiary/aromatic N) is 2. The van der Waals surface area contributed by atoms with E-state index in [2.05, 4.69) is 15.8 Å². The van der Waals surface area contributed by atoms with Crippen LogP contribution in [0, 0.1) is 5.82 Å². The topological polar surface area (TPSA) is 90.9 Å². The standard InChI is InChI=1S/C16H18ClFN4O3/c1-9(11-5-4-10(18)8-12(11)17)20-21-13(23)6-7-22-14(24)16(2,3)19-15(22)25/h4-5,8H,6-7H2,1-3H3,(H,19,25)(H,21,23)/b20-9-. The van der Waals surface area contributed by atoms with Crippen molar-refractivity contribution in [3.63, 3.8) is 0 Å². The van der Waals surface area contributed by atoms with Crippen molar-refractivity contribution in [3.05, 3.63) is 34.6 Å². The molecule has 1 saturated heterocycles. The first kappa shape index (κ1) is 18.9. The largest absolute Gasteiger partial charge is 0.325 e. The monoisotopic (exact) mass is 368 g/mol. The van der Waals surface area contributed by atoms with E-state index in [1.54, 1.807) is 20.8 Å². The third-order valence-electron chi connectivity index (χ3n) is 3.68. The molecule has 0 aliphatic carbocycles. The fourth-order valence-electron chi connectivity index (χ4n) is 2.28. The van der Waals surface area contributed by atoms with Gasteiger partial charge in [-0.15, -0.1) is 0 Å². The van der Waals surface area contributed by atoms with Crippen LogP contribution in [0.2, 0.25) is 5.02 Å². The highest BCUT2D eigenvalue weighted by Gasteiger charge is 2.43. The van der Waals surface area contributed by atoms with Gasteiger partial charge < -0.3 is 5.32 Å². The number of hydrogen-bond donors (Lipinski definition) is 2. The predicted octanol–water partition coefficient (Wildman–Crippen LogP) is 2.04. The van der Waals surface area contributed by atoms with E-state index >= 15 is 0 Å². The van der Waals surface area contributed by atoms with E-state index in [0.717, 1.165) is 11.0 Å². The Bertz CT molecular complexity index is 764. The lowest BCUT2D eigenvalue weighted by atomic mass is 10.1. The Morgan fingerprint density at radius 1 is 1.40 bits per heavy atom. The lowest BCUT2D eigenvalue weighted by molar-refractivity contribution is -0.130. The number of imide groups is 1. The number of carbonyl (C=O) groups excluding carboxylic acids is 3. The number of halogens is 2. The molecule has 1 aliphatic heterocycles. The van der Waals surface area contributed by atoms with E-state index in [0.29, 0.717) is 11.3 Å². The lowest BCUT2D eigenvalue weighted by Gasteiger charge is -2.15. The molecule has 2 rings (SSSR count). The van der Waals surface area contributed by atoms with Gasteiger partial charge in [0.25, 0.3) is 5.91 Å². The molecule has 1 heterocycles. The highest BCUT2D eigenvalue weighted by Crippen LogP contribution is 2.18. The summed E-state index contributed by atoms with van der Waals surface area (Å²) in [5.41, 5.74) is 2.24. The van der Waals surface area contributed by atoms with E-state index in [1.165, 1.54) is 12.1 Å². The van der Waals surface area contributed by atoms with Crippen LogP contribution in [0.1, 0.15) is 32.8 Å². The molecule has 1 aromatic rings. The van der Waals surface area contributed by atoms with Crippen LogP contribution in [-0.2, 0) is 9.59 Å². The fourth-order valence-corrected chi connectivity index (χ4v) is 2.58. The molecule has 0 bridgehead atoms. The predicted molar refractivity (Wildman–Crippen MR) is 90.7 cm³/mol. The number of nitrogens with one attached hydrogen (secondary N) is 2. The summed E-state index contributed by atoms with van der Waals surface area (Å²) < 4.78 is 13.0. The Kier molecular flexibility index (Phi) is 5.42. The number of hydrazone groups is 1. The van der Waals surface area contributed by atoms with Gasteiger partial charge in [-0.25, -0.2) is 14.6 Å². The zero-order valence-corrected chi connectivity index (χ0v) is 14.8. The summed E-state index contributed by atoms with van der Waals surface area (Å²) >= 11 is 5.92. The molecule has 0 atom stereocenters. The first-order chi connectivity index (χ1) is 11.6. The molecule has 0 radical (unpaired) electrons. The van der Waals surface area contributed by atoms with Crippen molar-refractivity contribution >= 4 is 35.2 Å². The molecule has 9 heteroatoms. The maximum atomic E-state index is 13.0. The average Bonchev–Trinajstić information content (AvgIpc) is 2.71. The molecule has 4 amide bonds. The van der Waals surface area contributed by atoms with Crippen LogP contribution in [-0.4, -0.2) is 40.5 Å². The quantitative estimate of drug-likeness (QED) is 0.473. The van der Waals surface area contributed by atoms with Crippen LogP contribution < -0.4 is 10.7 Å². The van der Waals surface area contributed by atoms with Crippen molar-refractivity contribution < 1.29 is 18.8 Å². The van der Waals surface area contributed by atoms with Crippen LogP contribution in [0.15, 0.2) is 23.3 Å². The summed E-state index contributed by atoms with van der Waals surface area (Å²) in [5.74, 6) is -1.33. The number of benzene rings is 1. The van der Waals surface area contributed by atoms with Crippen LogP contribution >= 0.6 is 11.6 Å². The van der Waals surface area contributed by atoms with Crippen molar-refractivity contribution in [1.29, 1.82) is 0 Å². The minimum atomic E-state index is -0.971. The molecule has 25 heavy (non-hydrogen) atoms. The smallest absolute Gasteiger partial charge is 0.324 e. The Morgan fingerprint density at radius 2 is 2.08 bits per heavy atom. The molecular weight excluding hydrogens is 351 g/mol. The highest BCUT2D eigenvalue weighted by atomic mass is 35.5. The first-order valence-corrected chi connectivity index (χ1v) is 7.92. The number of urea groups is 1. The molecule has 1 aliphatic rings. The Morgan fingerprint density at radius 3 is 2.64 bits per heavy atom. The van der Waals surface area contributed by atoms with Crippen LogP contribution in [0.5, 0.6) is 0 Å². The summed E-state index contributed by atoms with van der Waals surface area (Å²) in [6.07, 6.45) is -0.0941. The van der Waals surface area contributed by atoms with Crippen molar-refractivity contribution in [2.45, 2.75) is 32.7 Å². The lowest BCUT2D eigenvalue weighted by Crippen LogP contribution is -2.40. The zero-order chi connectivity index (χ0) is 18.8. The van der Waals surface area contributed by atoms with Gasteiger partial charge in [-0.05, 0) is 39.0 Å². The molecule has 0 unspecified atom stereocenters. The normalized spacial score (nSPS) is 16.8. The van der Waals surface area contributed by atoms with Gasteiger partial charge in [0.05, 0.1) is 10.7 Å². The van der Waals surface area contributed by atoms with E-state index in [4.69, 9.17) is 11.6 Å².